The van der Waals surface area contributed by atoms with Crippen molar-refractivity contribution in [3.05, 3.63) is 18.2 Å². The quantitative estimate of drug-likeness (QED) is 0.811. The molecule has 1 aromatic carbocycles. The first-order chi connectivity index (χ1) is 9.88. The molecule has 2 amide bonds. The van der Waals surface area contributed by atoms with Gasteiger partial charge in [-0.15, -0.1) is 0 Å². The molecule has 0 unspecified atom stereocenters. The molecule has 1 aliphatic heterocycles. The Kier molecular flexibility index (Phi) is 4.29. The van der Waals surface area contributed by atoms with E-state index < -0.39 is 21.8 Å². The van der Waals surface area contributed by atoms with E-state index in [0.717, 1.165) is 0 Å². The van der Waals surface area contributed by atoms with Gasteiger partial charge in [0.2, 0.25) is 21.8 Å². The molecule has 0 saturated carbocycles. The number of nitrogens with one attached hydrogen (secondary N) is 2. The molecular weight excluding hydrogens is 294 g/mol. The zero-order valence-corrected chi connectivity index (χ0v) is 12.7. The number of rotatable bonds is 4. The van der Waals surface area contributed by atoms with Crippen LogP contribution in [0.25, 0.3) is 0 Å². The van der Waals surface area contributed by atoms with Gasteiger partial charge in [0.05, 0.1) is 16.3 Å². The van der Waals surface area contributed by atoms with Crippen LogP contribution >= 0.6 is 0 Å². The highest BCUT2D eigenvalue weighted by atomic mass is 32.2. The first-order valence-corrected chi connectivity index (χ1v) is 8.06. The zero-order chi connectivity index (χ0) is 15.6. The maximum Gasteiger partial charge on any atom is 0.243 e. The lowest BCUT2D eigenvalue weighted by Crippen LogP contribution is -2.30. The third-order valence-corrected chi connectivity index (χ3v) is 5.25. The SMILES string of the molecule is CCN(CC)S(=O)(=O)c1ccc2c(c1)NC(=O)CC(=O)N2. The standard InChI is InChI=1S/C13H17N3O4S/c1-3-16(4-2)21(19,20)9-5-6-10-11(7-9)15-13(18)8-12(17)14-10/h5-7H,3-4,8H2,1-2H3,(H,14,17)(H,15,18). The fourth-order valence-electron chi connectivity index (χ4n) is 2.14. The highest BCUT2D eigenvalue weighted by molar-refractivity contribution is 7.89. The van der Waals surface area contributed by atoms with Crippen LogP contribution in [0.2, 0.25) is 0 Å². The predicted molar refractivity (Wildman–Crippen MR) is 78.4 cm³/mol. The minimum Gasteiger partial charge on any atom is -0.324 e. The minimum absolute atomic E-state index is 0.0846. The lowest BCUT2D eigenvalue weighted by Gasteiger charge is -2.19. The summed E-state index contributed by atoms with van der Waals surface area (Å²) >= 11 is 0. The van der Waals surface area contributed by atoms with Crippen LogP contribution < -0.4 is 10.6 Å². The van der Waals surface area contributed by atoms with Crippen molar-refractivity contribution in [2.75, 3.05) is 23.7 Å². The third-order valence-electron chi connectivity index (χ3n) is 3.20. The Labute approximate surface area is 123 Å². The van der Waals surface area contributed by atoms with Crippen LogP contribution in [-0.2, 0) is 19.6 Å². The van der Waals surface area contributed by atoms with Gasteiger partial charge in [-0.2, -0.15) is 4.31 Å². The molecule has 0 radical (unpaired) electrons. The molecule has 7 nitrogen and oxygen atoms in total. The molecule has 0 atom stereocenters. The fourth-order valence-corrected chi connectivity index (χ4v) is 3.63. The summed E-state index contributed by atoms with van der Waals surface area (Å²) in [7, 11) is -3.61. The molecule has 21 heavy (non-hydrogen) atoms. The number of amides is 2. The molecule has 0 aromatic heterocycles. The highest BCUT2D eigenvalue weighted by Crippen LogP contribution is 2.29. The van der Waals surface area contributed by atoms with E-state index in [1.54, 1.807) is 13.8 Å². The molecular formula is C13H17N3O4S. The monoisotopic (exact) mass is 311 g/mol. The summed E-state index contributed by atoms with van der Waals surface area (Å²) in [5.74, 6) is -0.894. The number of sulfonamides is 1. The van der Waals surface area contributed by atoms with Crippen molar-refractivity contribution >= 4 is 33.2 Å². The Morgan fingerprint density at radius 2 is 1.62 bits per heavy atom. The van der Waals surface area contributed by atoms with Crippen molar-refractivity contribution in [2.24, 2.45) is 0 Å². The van der Waals surface area contributed by atoms with Crippen LogP contribution in [0.15, 0.2) is 23.1 Å². The summed E-state index contributed by atoms with van der Waals surface area (Å²) in [5.41, 5.74) is 0.684. The van der Waals surface area contributed by atoms with E-state index in [1.807, 2.05) is 0 Å². The summed E-state index contributed by atoms with van der Waals surface area (Å²) in [5, 5.41) is 5.09. The van der Waals surface area contributed by atoms with Gasteiger partial charge >= 0.3 is 0 Å². The largest absolute Gasteiger partial charge is 0.324 e. The second-order valence-electron chi connectivity index (χ2n) is 4.57. The second kappa shape index (κ2) is 5.82. The molecule has 1 aromatic rings. The molecule has 1 aliphatic rings. The first kappa shape index (κ1) is 15.5. The van der Waals surface area contributed by atoms with Crippen molar-refractivity contribution in [2.45, 2.75) is 25.2 Å². The van der Waals surface area contributed by atoms with E-state index in [-0.39, 0.29) is 11.3 Å². The number of benzene rings is 1. The van der Waals surface area contributed by atoms with Gasteiger partial charge in [0.15, 0.2) is 0 Å². The summed E-state index contributed by atoms with van der Waals surface area (Å²) in [6.07, 6.45) is -0.285. The van der Waals surface area contributed by atoms with Crippen LogP contribution in [0.4, 0.5) is 11.4 Å². The van der Waals surface area contributed by atoms with E-state index in [9.17, 15) is 18.0 Å². The number of nitrogens with zero attached hydrogens (tertiary/aromatic N) is 1. The highest BCUT2D eigenvalue weighted by Gasteiger charge is 2.25. The Bertz CT molecular complexity index is 681. The number of hydrogen-bond acceptors (Lipinski definition) is 4. The van der Waals surface area contributed by atoms with Crippen LogP contribution in [0.3, 0.4) is 0 Å². The van der Waals surface area contributed by atoms with Gasteiger partial charge in [0.25, 0.3) is 0 Å². The molecule has 2 N–H and O–H groups in total. The number of anilines is 2. The van der Waals surface area contributed by atoms with Gasteiger partial charge in [-0.3, -0.25) is 9.59 Å². The maximum atomic E-state index is 12.4. The van der Waals surface area contributed by atoms with Crippen molar-refractivity contribution in [1.29, 1.82) is 0 Å². The molecule has 0 bridgehead atoms. The number of fused-ring (bicyclic) bond motifs is 1. The normalized spacial score (nSPS) is 15.2. The van der Waals surface area contributed by atoms with E-state index in [0.29, 0.717) is 24.5 Å². The summed E-state index contributed by atoms with van der Waals surface area (Å²) in [6, 6.07) is 4.27. The first-order valence-electron chi connectivity index (χ1n) is 6.62. The van der Waals surface area contributed by atoms with E-state index in [2.05, 4.69) is 10.6 Å². The number of carbonyl (C=O) groups excluding carboxylic acids is 2. The van der Waals surface area contributed by atoms with Gasteiger partial charge in [-0.1, -0.05) is 13.8 Å². The van der Waals surface area contributed by atoms with Crippen molar-refractivity contribution in [1.82, 2.24) is 4.31 Å². The lowest BCUT2D eigenvalue weighted by molar-refractivity contribution is -0.123. The summed E-state index contributed by atoms with van der Waals surface area (Å²) in [4.78, 5) is 23.1. The molecule has 2 rings (SSSR count). The Hall–Kier alpha value is -1.93. The van der Waals surface area contributed by atoms with E-state index in [1.165, 1.54) is 22.5 Å². The molecule has 0 spiro atoms. The molecule has 0 fully saturated rings. The minimum atomic E-state index is -3.61. The van der Waals surface area contributed by atoms with Crippen molar-refractivity contribution in [3.63, 3.8) is 0 Å². The van der Waals surface area contributed by atoms with Gasteiger partial charge in [-0.05, 0) is 18.2 Å². The Balaban J connectivity index is 2.46. The van der Waals surface area contributed by atoms with Crippen LogP contribution in [0, 0.1) is 0 Å². The molecule has 0 aliphatic carbocycles. The average molecular weight is 311 g/mol. The predicted octanol–water partition coefficient (Wildman–Crippen LogP) is 0.998. The van der Waals surface area contributed by atoms with Crippen LogP contribution in [0.1, 0.15) is 20.3 Å². The van der Waals surface area contributed by atoms with Crippen LogP contribution in [0.5, 0.6) is 0 Å². The van der Waals surface area contributed by atoms with Crippen molar-refractivity contribution < 1.29 is 18.0 Å². The third kappa shape index (κ3) is 3.06. The van der Waals surface area contributed by atoms with Crippen LogP contribution in [-0.4, -0.2) is 37.6 Å². The van der Waals surface area contributed by atoms with E-state index >= 15 is 0 Å². The number of hydrogen-bond donors (Lipinski definition) is 2. The summed E-state index contributed by atoms with van der Waals surface area (Å²) in [6.45, 7) is 4.23. The average Bonchev–Trinajstić information content (AvgIpc) is 2.55. The smallest absolute Gasteiger partial charge is 0.243 e. The zero-order valence-electron chi connectivity index (χ0n) is 11.8. The Morgan fingerprint density at radius 3 is 2.19 bits per heavy atom. The topological polar surface area (TPSA) is 95.6 Å². The van der Waals surface area contributed by atoms with Crippen molar-refractivity contribution in [3.8, 4) is 0 Å². The molecule has 0 saturated heterocycles. The molecule has 8 heteroatoms. The molecule has 1 heterocycles. The lowest BCUT2D eigenvalue weighted by atomic mass is 10.2. The van der Waals surface area contributed by atoms with Gasteiger partial charge in [0, 0.05) is 13.1 Å². The van der Waals surface area contributed by atoms with Gasteiger partial charge in [0.1, 0.15) is 6.42 Å². The second-order valence-corrected chi connectivity index (χ2v) is 6.51. The fraction of sp³-hybridized carbons (Fsp3) is 0.385. The molecule has 114 valence electrons. The van der Waals surface area contributed by atoms with E-state index in [4.69, 9.17) is 0 Å². The number of carbonyl (C=O) groups is 2. The Morgan fingerprint density at radius 1 is 1.05 bits per heavy atom. The van der Waals surface area contributed by atoms with Gasteiger partial charge in [-0.25, -0.2) is 8.42 Å². The maximum absolute atomic E-state index is 12.4. The summed E-state index contributed by atoms with van der Waals surface area (Å²) < 4.78 is 26.2. The van der Waals surface area contributed by atoms with Gasteiger partial charge < -0.3 is 10.6 Å².